The third kappa shape index (κ3) is 3.97. The number of rotatable bonds is 5. The molecule has 0 aromatic carbocycles. The molecule has 12 nitrogen and oxygen atoms in total. The zero-order valence-electron chi connectivity index (χ0n) is 16.4. The third-order valence-electron chi connectivity index (χ3n) is 4.67. The molecule has 0 spiro atoms. The average molecular weight is 406 g/mol. The molecule has 1 aliphatic heterocycles. The van der Waals surface area contributed by atoms with Crippen molar-refractivity contribution in [3.05, 3.63) is 12.7 Å². The molecule has 1 amide bonds. The van der Waals surface area contributed by atoms with Crippen LogP contribution in [0.4, 0.5) is 5.82 Å². The SMILES string of the molecule is CC(=O)OCC1OC(n2cnc3c(N)ncnc32)C(OC(C)=O)C1N(C)C(C)=O. The zero-order chi connectivity index (χ0) is 21.3. The molecule has 1 aliphatic rings. The quantitative estimate of drug-likeness (QED) is 0.652. The lowest BCUT2D eigenvalue weighted by molar-refractivity contribution is -0.155. The summed E-state index contributed by atoms with van der Waals surface area (Å²) in [5.41, 5.74) is 6.57. The van der Waals surface area contributed by atoms with Crippen molar-refractivity contribution in [3.8, 4) is 0 Å². The molecule has 156 valence electrons. The second-order valence-corrected chi connectivity index (χ2v) is 6.65. The number of fused-ring (bicyclic) bond motifs is 1. The molecule has 1 saturated heterocycles. The molecule has 0 bridgehead atoms. The monoisotopic (exact) mass is 406 g/mol. The maximum absolute atomic E-state index is 12.1. The van der Waals surface area contributed by atoms with Gasteiger partial charge in [-0.1, -0.05) is 0 Å². The van der Waals surface area contributed by atoms with Crippen LogP contribution in [0.1, 0.15) is 27.0 Å². The predicted octanol–water partition coefficient (Wildman–Crippen LogP) is -0.352. The van der Waals surface area contributed by atoms with Gasteiger partial charge in [0.25, 0.3) is 0 Å². The van der Waals surface area contributed by atoms with Gasteiger partial charge in [-0.2, -0.15) is 0 Å². The maximum Gasteiger partial charge on any atom is 0.303 e. The van der Waals surface area contributed by atoms with E-state index in [0.717, 1.165) is 0 Å². The summed E-state index contributed by atoms with van der Waals surface area (Å²) in [4.78, 5) is 48.9. The number of nitrogens with zero attached hydrogens (tertiary/aromatic N) is 5. The fourth-order valence-electron chi connectivity index (χ4n) is 3.33. The summed E-state index contributed by atoms with van der Waals surface area (Å²) in [6, 6.07) is -0.711. The number of amides is 1. The minimum absolute atomic E-state index is 0.129. The molecule has 2 N–H and O–H groups in total. The van der Waals surface area contributed by atoms with Crippen molar-refractivity contribution in [2.75, 3.05) is 19.4 Å². The molecule has 0 saturated carbocycles. The number of nitrogen functional groups attached to an aromatic ring is 1. The minimum atomic E-state index is -0.907. The average Bonchev–Trinajstić information content (AvgIpc) is 3.21. The van der Waals surface area contributed by atoms with Crippen molar-refractivity contribution in [1.82, 2.24) is 24.4 Å². The summed E-state index contributed by atoms with van der Waals surface area (Å²) in [5, 5.41) is 0. The Morgan fingerprint density at radius 2 is 1.93 bits per heavy atom. The van der Waals surface area contributed by atoms with Crippen molar-refractivity contribution < 1.29 is 28.6 Å². The maximum atomic E-state index is 12.1. The van der Waals surface area contributed by atoms with Gasteiger partial charge in [-0.15, -0.1) is 0 Å². The number of imidazole rings is 1. The van der Waals surface area contributed by atoms with Crippen LogP contribution in [-0.4, -0.2) is 74.2 Å². The number of hydrogen-bond acceptors (Lipinski definition) is 10. The standard InChI is InChI=1S/C17H22N6O6/c1-8(24)22(4)13-11(5-27-9(2)25)29-17(14(13)28-10(3)26)23-7-21-12-15(18)19-6-20-16(12)23/h6-7,11,13-14,17H,5H2,1-4H3,(H2,18,19,20). The van der Waals surface area contributed by atoms with Gasteiger partial charge in [0.1, 0.15) is 30.6 Å². The van der Waals surface area contributed by atoms with Crippen LogP contribution in [0.3, 0.4) is 0 Å². The molecule has 3 heterocycles. The fourth-order valence-corrected chi connectivity index (χ4v) is 3.33. The number of hydrogen-bond donors (Lipinski definition) is 1. The molecular formula is C17H22N6O6. The highest BCUT2D eigenvalue weighted by molar-refractivity contribution is 5.81. The van der Waals surface area contributed by atoms with Gasteiger partial charge in [-0.25, -0.2) is 15.0 Å². The van der Waals surface area contributed by atoms with E-state index in [4.69, 9.17) is 19.9 Å². The number of carbonyl (C=O) groups is 3. The van der Waals surface area contributed by atoms with E-state index in [9.17, 15) is 14.4 Å². The number of nitrogens with two attached hydrogens (primary N) is 1. The van der Waals surface area contributed by atoms with Gasteiger partial charge in [-0.3, -0.25) is 19.0 Å². The molecule has 3 rings (SSSR count). The third-order valence-corrected chi connectivity index (χ3v) is 4.67. The van der Waals surface area contributed by atoms with Crippen LogP contribution in [0, 0.1) is 0 Å². The van der Waals surface area contributed by atoms with Gasteiger partial charge in [0.2, 0.25) is 5.91 Å². The first-order chi connectivity index (χ1) is 13.7. The minimum Gasteiger partial charge on any atom is -0.463 e. The Morgan fingerprint density at radius 3 is 2.55 bits per heavy atom. The van der Waals surface area contributed by atoms with E-state index in [-0.39, 0.29) is 18.3 Å². The van der Waals surface area contributed by atoms with Crippen LogP contribution >= 0.6 is 0 Å². The fraction of sp³-hybridized carbons (Fsp3) is 0.529. The molecule has 0 radical (unpaired) electrons. The Balaban J connectivity index is 2.05. The first kappa shape index (κ1) is 20.5. The summed E-state index contributed by atoms with van der Waals surface area (Å²) < 4.78 is 18.3. The highest BCUT2D eigenvalue weighted by atomic mass is 16.6. The normalized spacial score (nSPS) is 23.7. The number of aromatic nitrogens is 4. The second kappa shape index (κ2) is 7.99. The summed E-state index contributed by atoms with van der Waals surface area (Å²) in [5.74, 6) is -1.15. The van der Waals surface area contributed by atoms with Crippen molar-refractivity contribution >= 4 is 34.8 Å². The van der Waals surface area contributed by atoms with Crippen molar-refractivity contribution in [2.45, 2.75) is 45.2 Å². The van der Waals surface area contributed by atoms with Crippen LogP contribution in [-0.2, 0) is 28.6 Å². The molecule has 29 heavy (non-hydrogen) atoms. The van der Waals surface area contributed by atoms with E-state index >= 15 is 0 Å². The Bertz CT molecular complexity index is 946. The predicted molar refractivity (Wildman–Crippen MR) is 98.1 cm³/mol. The van der Waals surface area contributed by atoms with E-state index in [1.54, 1.807) is 11.6 Å². The lowest BCUT2D eigenvalue weighted by Gasteiger charge is -2.31. The molecular weight excluding hydrogens is 384 g/mol. The molecule has 4 atom stereocenters. The van der Waals surface area contributed by atoms with E-state index in [1.165, 1.54) is 38.3 Å². The van der Waals surface area contributed by atoms with Gasteiger partial charge in [0, 0.05) is 27.8 Å². The van der Waals surface area contributed by atoms with Gasteiger partial charge in [0.15, 0.2) is 23.8 Å². The highest BCUT2D eigenvalue weighted by Gasteiger charge is 2.51. The molecule has 1 fully saturated rings. The molecule has 12 heteroatoms. The largest absolute Gasteiger partial charge is 0.463 e. The lowest BCUT2D eigenvalue weighted by Crippen LogP contribution is -2.50. The van der Waals surface area contributed by atoms with Crippen LogP contribution < -0.4 is 5.73 Å². The number of likely N-dealkylation sites (N-methyl/N-ethyl adjacent to an activating group) is 1. The molecule has 2 aromatic heterocycles. The Hall–Kier alpha value is -3.28. The van der Waals surface area contributed by atoms with Gasteiger partial charge >= 0.3 is 11.9 Å². The van der Waals surface area contributed by atoms with E-state index < -0.39 is 36.4 Å². The first-order valence-electron chi connectivity index (χ1n) is 8.83. The highest BCUT2D eigenvalue weighted by Crippen LogP contribution is 2.36. The molecule has 2 aromatic rings. The summed E-state index contributed by atoms with van der Waals surface area (Å²) >= 11 is 0. The Kier molecular flexibility index (Phi) is 5.64. The van der Waals surface area contributed by atoms with E-state index in [2.05, 4.69) is 15.0 Å². The second-order valence-electron chi connectivity index (χ2n) is 6.65. The number of esters is 2. The van der Waals surface area contributed by atoms with E-state index in [0.29, 0.717) is 11.2 Å². The Labute approximate surface area is 165 Å². The molecule has 4 unspecified atom stereocenters. The summed E-state index contributed by atoms with van der Waals surface area (Å²) in [7, 11) is 1.56. The van der Waals surface area contributed by atoms with Crippen LogP contribution in [0.2, 0.25) is 0 Å². The first-order valence-corrected chi connectivity index (χ1v) is 8.83. The van der Waals surface area contributed by atoms with Crippen molar-refractivity contribution in [2.24, 2.45) is 0 Å². The number of anilines is 1. The van der Waals surface area contributed by atoms with Crippen LogP contribution in [0.15, 0.2) is 12.7 Å². The number of ether oxygens (including phenoxy) is 3. The van der Waals surface area contributed by atoms with Gasteiger partial charge in [-0.05, 0) is 0 Å². The van der Waals surface area contributed by atoms with Crippen LogP contribution in [0.25, 0.3) is 11.2 Å². The number of carbonyl (C=O) groups excluding carboxylic acids is 3. The topological polar surface area (TPSA) is 152 Å². The van der Waals surface area contributed by atoms with Crippen molar-refractivity contribution in [1.29, 1.82) is 0 Å². The lowest BCUT2D eigenvalue weighted by atomic mass is 10.1. The molecule has 0 aliphatic carbocycles. The smallest absolute Gasteiger partial charge is 0.303 e. The van der Waals surface area contributed by atoms with E-state index in [1.807, 2.05) is 0 Å². The summed E-state index contributed by atoms with van der Waals surface area (Å²) in [6.45, 7) is 3.77. The van der Waals surface area contributed by atoms with Gasteiger partial charge in [0.05, 0.1) is 6.33 Å². The van der Waals surface area contributed by atoms with Crippen molar-refractivity contribution in [3.63, 3.8) is 0 Å². The zero-order valence-corrected chi connectivity index (χ0v) is 16.4. The van der Waals surface area contributed by atoms with Crippen LogP contribution in [0.5, 0.6) is 0 Å². The Morgan fingerprint density at radius 1 is 1.21 bits per heavy atom. The summed E-state index contributed by atoms with van der Waals surface area (Å²) in [6.07, 6.45) is 0.178. The van der Waals surface area contributed by atoms with Gasteiger partial charge < -0.3 is 24.8 Å².